The first-order valence-electron chi connectivity index (χ1n) is 8.80. The number of halogens is 1. The summed E-state index contributed by atoms with van der Waals surface area (Å²) in [6.45, 7) is 6.73. The molecule has 0 fully saturated rings. The number of ether oxygens (including phenoxy) is 1. The number of amides is 2. The molecule has 0 spiro atoms. The summed E-state index contributed by atoms with van der Waals surface area (Å²) in [6.07, 6.45) is 0.0915. The Bertz CT molecular complexity index is 742. The molecular formula is C19H24ClN3O4. The highest BCUT2D eigenvalue weighted by molar-refractivity contribution is 6.30. The van der Waals surface area contributed by atoms with Crippen LogP contribution in [0, 0.1) is 0 Å². The van der Waals surface area contributed by atoms with Gasteiger partial charge in [-0.05, 0) is 49.5 Å². The van der Waals surface area contributed by atoms with Crippen molar-refractivity contribution in [3.63, 3.8) is 0 Å². The summed E-state index contributed by atoms with van der Waals surface area (Å²) in [5.41, 5.74) is 4.67. The zero-order chi connectivity index (χ0) is 19.6. The molecule has 2 N–H and O–H groups in total. The topological polar surface area (TPSA) is 83.8 Å². The molecule has 0 aliphatic heterocycles. The third-order valence-corrected chi connectivity index (χ3v) is 4.14. The fourth-order valence-electron chi connectivity index (χ4n) is 2.30. The average Bonchev–Trinajstić information content (AvgIpc) is 3.14. The van der Waals surface area contributed by atoms with Crippen molar-refractivity contribution in [2.45, 2.75) is 26.8 Å². The van der Waals surface area contributed by atoms with Crippen molar-refractivity contribution in [2.24, 2.45) is 0 Å². The van der Waals surface area contributed by atoms with Gasteiger partial charge in [-0.2, -0.15) is 0 Å². The maximum Gasteiger partial charge on any atom is 0.305 e. The van der Waals surface area contributed by atoms with Crippen LogP contribution in [0.2, 0.25) is 5.02 Å². The lowest BCUT2D eigenvalue weighted by atomic mass is 10.3. The zero-order valence-electron chi connectivity index (χ0n) is 15.5. The lowest BCUT2D eigenvalue weighted by molar-refractivity contribution is -0.122. The van der Waals surface area contributed by atoms with E-state index in [9.17, 15) is 9.59 Å². The molecule has 0 aliphatic carbocycles. The summed E-state index contributed by atoms with van der Waals surface area (Å²) in [5.74, 6) is 0.592. The van der Waals surface area contributed by atoms with E-state index >= 15 is 0 Å². The van der Waals surface area contributed by atoms with Gasteiger partial charge in [0, 0.05) is 5.02 Å². The Hall–Kier alpha value is -2.51. The minimum absolute atomic E-state index is 0.0915. The van der Waals surface area contributed by atoms with Crippen molar-refractivity contribution in [3.05, 3.63) is 52.9 Å². The second-order valence-corrected chi connectivity index (χ2v) is 6.22. The Labute approximate surface area is 163 Å². The van der Waals surface area contributed by atoms with E-state index in [1.165, 1.54) is 0 Å². The van der Waals surface area contributed by atoms with Crippen LogP contribution in [0.3, 0.4) is 0 Å². The third kappa shape index (κ3) is 6.96. The molecule has 0 atom stereocenters. The summed E-state index contributed by atoms with van der Waals surface area (Å²) in [7, 11) is 0. The summed E-state index contributed by atoms with van der Waals surface area (Å²) >= 11 is 5.79. The molecule has 2 rings (SSSR count). The van der Waals surface area contributed by atoms with Crippen LogP contribution >= 0.6 is 11.6 Å². The minimum Gasteiger partial charge on any atom is -0.493 e. The molecule has 0 saturated carbocycles. The maximum atomic E-state index is 12.0. The molecule has 8 heteroatoms. The number of nitrogens with zero attached hydrogens (tertiary/aromatic N) is 1. The van der Waals surface area contributed by atoms with E-state index in [0.717, 1.165) is 13.1 Å². The van der Waals surface area contributed by atoms with Crippen molar-refractivity contribution in [2.75, 3.05) is 19.7 Å². The molecule has 146 valence electrons. The summed E-state index contributed by atoms with van der Waals surface area (Å²) in [4.78, 5) is 26.0. The van der Waals surface area contributed by atoms with Crippen LogP contribution < -0.4 is 15.6 Å². The predicted molar refractivity (Wildman–Crippen MR) is 103 cm³/mol. The first kappa shape index (κ1) is 20.8. The van der Waals surface area contributed by atoms with Gasteiger partial charge in [-0.25, -0.2) is 0 Å². The summed E-state index contributed by atoms with van der Waals surface area (Å²) in [5, 5.41) is 0.612. The lowest BCUT2D eigenvalue weighted by Gasteiger charge is -2.15. The van der Waals surface area contributed by atoms with Crippen molar-refractivity contribution >= 4 is 23.4 Å². The molecule has 0 aliphatic rings. The fraction of sp³-hybridized carbons (Fsp3) is 0.368. The summed E-state index contributed by atoms with van der Waals surface area (Å²) < 4.78 is 10.9. The molecule has 0 saturated heterocycles. The Balaban J connectivity index is 1.70. The number of rotatable bonds is 9. The van der Waals surface area contributed by atoms with Crippen molar-refractivity contribution in [1.82, 2.24) is 15.8 Å². The number of carbonyl (C=O) groups excluding carboxylic acids is 2. The molecule has 0 bridgehead atoms. The van der Waals surface area contributed by atoms with Crippen LogP contribution in [0.15, 0.2) is 40.8 Å². The van der Waals surface area contributed by atoms with Crippen molar-refractivity contribution in [3.8, 4) is 5.75 Å². The van der Waals surface area contributed by atoms with Crippen LogP contribution in [0.1, 0.15) is 36.6 Å². The monoisotopic (exact) mass is 393 g/mol. The van der Waals surface area contributed by atoms with Crippen LogP contribution in [0.5, 0.6) is 5.75 Å². The van der Waals surface area contributed by atoms with Gasteiger partial charge >= 0.3 is 5.91 Å². The second kappa shape index (κ2) is 10.6. The third-order valence-electron chi connectivity index (χ3n) is 3.89. The highest BCUT2D eigenvalue weighted by atomic mass is 35.5. The van der Waals surface area contributed by atoms with Gasteiger partial charge in [-0.3, -0.25) is 25.3 Å². The molecule has 7 nitrogen and oxygen atoms in total. The van der Waals surface area contributed by atoms with E-state index in [0.29, 0.717) is 23.1 Å². The van der Waals surface area contributed by atoms with Crippen LogP contribution in [0.4, 0.5) is 0 Å². The largest absolute Gasteiger partial charge is 0.493 e. The number of nitrogens with one attached hydrogen (secondary N) is 2. The van der Waals surface area contributed by atoms with Crippen LogP contribution in [-0.4, -0.2) is 36.4 Å². The van der Waals surface area contributed by atoms with Crippen LogP contribution in [-0.2, 0) is 11.3 Å². The van der Waals surface area contributed by atoms with Gasteiger partial charge in [0.1, 0.15) is 11.5 Å². The quantitative estimate of drug-likeness (QED) is 0.640. The summed E-state index contributed by atoms with van der Waals surface area (Å²) in [6, 6.07) is 10.2. The Morgan fingerprint density at radius 2 is 1.78 bits per heavy atom. The van der Waals surface area contributed by atoms with Gasteiger partial charge in [-0.1, -0.05) is 25.4 Å². The zero-order valence-corrected chi connectivity index (χ0v) is 16.2. The van der Waals surface area contributed by atoms with Crippen LogP contribution in [0.25, 0.3) is 0 Å². The van der Waals surface area contributed by atoms with E-state index < -0.39 is 5.91 Å². The van der Waals surface area contributed by atoms with Gasteiger partial charge in [0.25, 0.3) is 0 Å². The van der Waals surface area contributed by atoms with Crippen molar-refractivity contribution < 1.29 is 18.7 Å². The molecule has 1 heterocycles. The normalized spacial score (nSPS) is 10.7. The smallest absolute Gasteiger partial charge is 0.305 e. The highest BCUT2D eigenvalue weighted by Gasteiger charge is 2.13. The number of benzene rings is 1. The average molecular weight is 394 g/mol. The Morgan fingerprint density at radius 3 is 2.44 bits per heavy atom. The van der Waals surface area contributed by atoms with Gasteiger partial charge in [-0.15, -0.1) is 0 Å². The Morgan fingerprint density at radius 1 is 1.07 bits per heavy atom. The SMILES string of the molecule is CCN(CC)Cc1ccc(C(=O)NNC(=O)CCOc2ccc(Cl)cc2)o1. The predicted octanol–water partition coefficient (Wildman–Crippen LogP) is 3.00. The van der Waals surface area contributed by atoms with Gasteiger partial charge in [0.15, 0.2) is 5.76 Å². The molecule has 1 aromatic carbocycles. The number of carbonyl (C=O) groups is 2. The fourth-order valence-corrected chi connectivity index (χ4v) is 2.42. The van der Waals surface area contributed by atoms with E-state index in [2.05, 4.69) is 29.6 Å². The molecule has 1 aromatic heterocycles. The van der Waals surface area contributed by atoms with Crippen molar-refractivity contribution in [1.29, 1.82) is 0 Å². The highest BCUT2D eigenvalue weighted by Crippen LogP contribution is 2.15. The first-order chi connectivity index (χ1) is 13.0. The lowest BCUT2D eigenvalue weighted by Crippen LogP contribution is -2.41. The maximum absolute atomic E-state index is 12.0. The first-order valence-corrected chi connectivity index (χ1v) is 9.18. The molecule has 2 aromatic rings. The molecule has 0 unspecified atom stereocenters. The number of hydrazine groups is 1. The van der Waals surface area contributed by atoms with Gasteiger partial charge < -0.3 is 9.15 Å². The number of hydrogen-bond donors (Lipinski definition) is 2. The van der Waals surface area contributed by atoms with E-state index in [1.54, 1.807) is 36.4 Å². The van der Waals surface area contributed by atoms with E-state index in [-0.39, 0.29) is 24.7 Å². The molecule has 0 radical (unpaired) electrons. The Kier molecular flexibility index (Phi) is 8.16. The molecular weight excluding hydrogens is 370 g/mol. The van der Waals surface area contributed by atoms with E-state index in [1.807, 2.05) is 0 Å². The second-order valence-electron chi connectivity index (χ2n) is 5.78. The van der Waals surface area contributed by atoms with Gasteiger partial charge in [0.2, 0.25) is 5.91 Å². The standard InChI is InChI=1S/C19H24ClN3O4/c1-3-23(4-2)13-16-9-10-17(27-16)19(25)22-21-18(24)11-12-26-15-7-5-14(20)6-8-15/h5-10H,3-4,11-13H2,1-2H3,(H,21,24)(H,22,25). The van der Waals surface area contributed by atoms with Gasteiger partial charge in [0.05, 0.1) is 19.6 Å². The molecule has 2 amide bonds. The molecule has 27 heavy (non-hydrogen) atoms. The number of hydrogen-bond acceptors (Lipinski definition) is 5. The number of furan rings is 1. The van der Waals surface area contributed by atoms with E-state index in [4.69, 9.17) is 20.8 Å². The minimum atomic E-state index is -0.507.